The van der Waals surface area contributed by atoms with Gasteiger partial charge >= 0.3 is 0 Å². The molecule has 0 spiro atoms. The zero-order chi connectivity index (χ0) is 14.0. The molecule has 1 heterocycles. The predicted octanol–water partition coefficient (Wildman–Crippen LogP) is 2.50. The van der Waals surface area contributed by atoms with E-state index < -0.39 is 17.5 Å². The first-order valence-electron chi connectivity index (χ1n) is 5.63. The highest BCUT2D eigenvalue weighted by atomic mass is 19.2. The minimum Gasteiger partial charge on any atom is -0.444 e. The van der Waals surface area contributed by atoms with Gasteiger partial charge in [0.15, 0.2) is 11.6 Å². The van der Waals surface area contributed by atoms with Crippen LogP contribution in [0.15, 0.2) is 22.6 Å². The van der Waals surface area contributed by atoms with Gasteiger partial charge in [-0.1, -0.05) is 0 Å². The van der Waals surface area contributed by atoms with Crippen molar-refractivity contribution in [2.75, 3.05) is 0 Å². The lowest BCUT2D eigenvalue weighted by Gasteiger charge is -2.03. The Labute approximate surface area is 108 Å². The Hall–Kier alpha value is -2.24. The Morgan fingerprint density at radius 2 is 2.05 bits per heavy atom. The number of nitrogens with zero attached hydrogens (tertiary/aromatic N) is 1. The van der Waals surface area contributed by atoms with E-state index in [0.717, 1.165) is 17.8 Å². The van der Waals surface area contributed by atoms with Crippen molar-refractivity contribution in [3.63, 3.8) is 0 Å². The monoisotopic (exact) mass is 266 g/mol. The highest BCUT2D eigenvalue weighted by molar-refractivity contribution is 5.94. The lowest BCUT2D eigenvalue weighted by molar-refractivity contribution is 0.0946. The third-order valence-electron chi connectivity index (χ3n) is 2.65. The number of carbonyl (C=O) groups excluding carboxylic acids is 1. The van der Waals surface area contributed by atoms with E-state index in [4.69, 9.17) is 4.42 Å². The number of halogens is 2. The summed E-state index contributed by atoms with van der Waals surface area (Å²) in [5.74, 6) is -1.53. The number of carbonyl (C=O) groups is 1. The number of oxazole rings is 1. The lowest BCUT2D eigenvalue weighted by Crippen LogP contribution is -2.23. The van der Waals surface area contributed by atoms with Gasteiger partial charge in [-0.3, -0.25) is 4.79 Å². The quantitative estimate of drug-likeness (QED) is 0.928. The van der Waals surface area contributed by atoms with Crippen LogP contribution in [-0.2, 0) is 6.54 Å². The summed E-state index contributed by atoms with van der Waals surface area (Å²) in [4.78, 5) is 15.8. The molecule has 6 heteroatoms. The van der Waals surface area contributed by atoms with Crippen molar-refractivity contribution in [3.8, 4) is 0 Å². The average Bonchev–Trinajstić information content (AvgIpc) is 2.69. The number of aromatic nitrogens is 1. The maximum Gasteiger partial charge on any atom is 0.251 e. The Bertz CT molecular complexity index is 604. The van der Waals surface area contributed by atoms with Gasteiger partial charge < -0.3 is 9.73 Å². The van der Waals surface area contributed by atoms with Crippen LogP contribution in [0, 0.1) is 25.5 Å². The standard InChI is InChI=1S/C13H12F2N2O2/c1-7-8(2)19-12(17-7)6-16-13(18)9-3-4-10(14)11(15)5-9/h3-5H,6H2,1-2H3,(H,16,18). The minimum absolute atomic E-state index is 0.0406. The van der Waals surface area contributed by atoms with E-state index in [1.807, 2.05) is 0 Å². The highest BCUT2D eigenvalue weighted by Gasteiger charge is 2.11. The number of hydrogen-bond donors (Lipinski definition) is 1. The molecule has 0 aliphatic carbocycles. The molecule has 19 heavy (non-hydrogen) atoms. The van der Waals surface area contributed by atoms with E-state index in [2.05, 4.69) is 10.3 Å². The molecule has 0 saturated carbocycles. The molecule has 0 aliphatic heterocycles. The molecule has 2 aromatic rings. The van der Waals surface area contributed by atoms with Gasteiger partial charge in [0.05, 0.1) is 12.2 Å². The highest BCUT2D eigenvalue weighted by Crippen LogP contribution is 2.10. The fourth-order valence-electron chi connectivity index (χ4n) is 1.51. The molecule has 0 fully saturated rings. The SMILES string of the molecule is Cc1nc(CNC(=O)c2ccc(F)c(F)c2)oc1C. The van der Waals surface area contributed by atoms with Crippen LogP contribution in [0.2, 0.25) is 0 Å². The molecule has 1 amide bonds. The minimum atomic E-state index is -1.06. The van der Waals surface area contributed by atoms with Crippen molar-refractivity contribution in [2.45, 2.75) is 20.4 Å². The lowest BCUT2D eigenvalue weighted by atomic mass is 10.2. The maximum atomic E-state index is 13.0. The third-order valence-corrected chi connectivity index (χ3v) is 2.65. The van der Waals surface area contributed by atoms with Crippen LogP contribution in [0.3, 0.4) is 0 Å². The second-order valence-electron chi connectivity index (χ2n) is 4.06. The van der Waals surface area contributed by atoms with Crippen molar-refractivity contribution < 1.29 is 18.0 Å². The summed E-state index contributed by atoms with van der Waals surface area (Å²) in [5, 5.41) is 2.52. The van der Waals surface area contributed by atoms with Gasteiger partial charge in [0.25, 0.3) is 5.91 Å². The van der Waals surface area contributed by atoms with Gasteiger partial charge in [-0.2, -0.15) is 0 Å². The first-order chi connectivity index (χ1) is 8.97. The van der Waals surface area contributed by atoms with E-state index in [1.165, 1.54) is 6.07 Å². The molecular formula is C13H12F2N2O2. The van der Waals surface area contributed by atoms with Gasteiger partial charge in [0, 0.05) is 5.56 Å². The summed E-state index contributed by atoms with van der Waals surface area (Å²) >= 11 is 0. The zero-order valence-electron chi connectivity index (χ0n) is 10.5. The Kier molecular flexibility index (Phi) is 3.59. The van der Waals surface area contributed by atoms with Crippen molar-refractivity contribution in [2.24, 2.45) is 0 Å². The van der Waals surface area contributed by atoms with Gasteiger partial charge in [-0.15, -0.1) is 0 Å². The van der Waals surface area contributed by atoms with Crippen molar-refractivity contribution in [3.05, 3.63) is 52.7 Å². The molecular weight excluding hydrogens is 254 g/mol. The Balaban J connectivity index is 2.03. The smallest absolute Gasteiger partial charge is 0.251 e. The molecule has 0 bridgehead atoms. The molecule has 1 aromatic heterocycles. The van der Waals surface area contributed by atoms with Crippen LogP contribution < -0.4 is 5.32 Å². The second kappa shape index (κ2) is 5.17. The first-order valence-corrected chi connectivity index (χ1v) is 5.63. The number of rotatable bonds is 3. The van der Waals surface area contributed by atoms with Crippen LogP contribution in [-0.4, -0.2) is 10.9 Å². The molecule has 1 aromatic carbocycles. The van der Waals surface area contributed by atoms with Gasteiger partial charge in [-0.05, 0) is 32.0 Å². The normalized spacial score (nSPS) is 10.5. The summed E-state index contributed by atoms with van der Waals surface area (Å²) in [6, 6.07) is 2.96. The van der Waals surface area contributed by atoms with E-state index in [-0.39, 0.29) is 12.1 Å². The summed E-state index contributed by atoms with van der Waals surface area (Å²) in [6.45, 7) is 3.65. The van der Waals surface area contributed by atoms with Gasteiger partial charge in [0.1, 0.15) is 5.76 Å². The zero-order valence-corrected chi connectivity index (χ0v) is 10.5. The van der Waals surface area contributed by atoms with E-state index in [1.54, 1.807) is 13.8 Å². The molecule has 0 radical (unpaired) electrons. The van der Waals surface area contributed by atoms with Gasteiger partial charge in [0.2, 0.25) is 5.89 Å². The maximum absolute atomic E-state index is 13.0. The van der Waals surface area contributed by atoms with Crippen molar-refractivity contribution in [1.82, 2.24) is 10.3 Å². The second-order valence-corrected chi connectivity index (χ2v) is 4.06. The average molecular weight is 266 g/mol. The van der Waals surface area contributed by atoms with E-state index >= 15 is 0 Å². The first kappa shape index (κ1) is 13.2. The fourth-order valence-corrected chi connectivity index (χ4v) is 1.51. The molecule has 4 nitrogen and oxygen atoms in total. The number of benzene rings is 1. The van der Waals surface area contributed by atoms with Crippen LogP contribution in [0.1, 0.15) is 27.7 Å². The Morgan fingerprint density at radius 3 is 2.63 bits per heavy atom. The number of amides is 1. The van der Waals surface area contributed by atoms with Crippen molar-refractivity contribution in [1.29, 1.82) is 0 Å². The van der Waals surface area contributed by atoms with Crippen molar-refractivity contribution >= 4 is 5.91 Å². The van der Waals surface area contributed by atoms with Crippen LogP contribution in [0.25, 0.3) is 0 Å². The van der Waals surface area contributed by atoms with E-state index in [9.17, 15) is 13.6 Å². The van der Waals surface area contributed by atoms with E-state index in [0.29, 0.717) is 11.7 Å². The topological polar surface area (TPSA) is 55.1 Å². The summed E-state index contributed by atoms with van der Waals surface area (Å²) in [7, 11) is 0. The summed E-state index contributed by atoms with van der Waals surface area (Å²) in [6.07, 6.45) is 0. The molecule has 2 rings (SSSR count). The summed E-state index contributed by atoms with van der Waals surface area (Å²) in [5.41, 5.74) is 0.788. The number of nitrogens with one attached hydrogen (secondary N) is 1. The molecule has 100 valence electrons. The predicted molar refractivity (Wildman–Crippen MR) is 63.5 cm³/mol. The largest absolute Gasteiger partial charge is 0.444 e. The van der Waals surface area contributed by atoms with Gasteiger partial charge in [-0.25, -0.2) is 13.8 Å². The molecule has 1 N–H and O–H groups in total. The fraction of sp³-hybridized carbons (Fsp3) is 0.231. The number of hydrogen-bond acceptors (Lipinski definition) is 3. The van der Waals surface area contributed by atoms with Crippen LogP contribution in [0.5, 0.6) is 0 Å². The summed E-state index contributed by atoms with van der Waals surface area (Å²) < 4.78 is 31.0. The molecule has 0 unspecified atom stereocenters. The molecule has 0 saturated heterocycles. The molecule has 0 aliphatic rings. The van der Waals surface area contributed by atoms with Crippen LogP contribution >= 0.6 is 0 Å². The Morgan fingerprint density at radius 1 is 1.32 bits per heavy atom. The third kappa shape index (κ3) is 2.96. The van der Waals surface area contributed by atoms with Crippen LogP contribution in [0.4, 0.5) is 8.78 Å². The number of aryl methyl sites for hydroxylation is 2. The molecule has 0 atom stereocenters.